The first-order chi connectivity index (χ1) is 8.00. The van der Waals surface area contributed by atoms with Crippen LogP contribution in [-0.4, -0.2) is 34.1 Å². The molecule has 0 N–H and O–H groups in total. The first kappa shape index (κ1) is 12.6. The van der Waals surface area contributed by atoms with Gasteiger partial charge in [0, 0.05) is 13.1 Å². The number of rotatable bonds is 3. The van der Waals surface area contributed by atoms with Crippen LogP contribution in [0.5, 0.6) is 0 Å². The Labute approximate surface area is 110 Å². The van der Waals surface area contributed by atoms with E-state index in [0.29, 0.717) is 11.5 Å². The van der Waals surface area contributed by atoms with Crippen LogP contribution in [0.3, 0.4) is 0 Å². The minimum atomic E-state index is -0.161. The molecule has 1 aliphatic carbocycles. The molecule has 1 amide bonds. The van der Waals surface area contributed by atoms with Gasteiger partial charge in [0.25, 0.3) is 5.91 Å². The summed E-state index contributed by atoms with van der Waals surface area (Å²) < 4.78 is 0. The molecule has 17 heavy (non-hydrogen) atoms. The van der Waals surface area contributed by atoms with Gasteiger partial charge in [0.05, 0.1) is 5.56 Å². The van der Waals surface area contributed by atoms with Gasteiger partial charge in [0.2, 0.25) is 0 Å². The summed E-state index contributed by atoms with van der Waals surface area (Å²) in [6, 6.07) is 1.67. The van der Waals surface area contributed by atoms with Crippen LogP contribution in [0.4, 0.5) is 0 Å². The van der Waals surface area contributed by atoms with Gasteiger partial charge in [0.15, 0.2) is 10.3 Å². The van der Waals surface area contributed by atoms with E-state index in [4.69, 9.17) is 23.2 Å². The zero-order valence-corrected chi connectivity index (χ0v) is 11.2. The Bertz CT molecular complexity index is 448. The topological polar surface area (TPSA) is 46.1 Å². The Morgan fingerprint density at radius 1 is 1.47 bits per heavy atom. The van der Waals surface area contributed by atoms with E-state index in [0.717, 1.165) is 0 Å². The van der Waals surface area contributed by atoms with Gasteiger partial charge in [0.1, 0.15) is 0 Å². The van der Waals surface area contributed by atoms with Crippen LogP contribution in [-0.2, 0) is 0 Å². The number of amides is 1. The first-order valence-electron chi connectivity index (χ1n) is 5.46. The summed E-state index contributed by atoms with van der Waals surface area (Å²) >= 11 is 11.6. The molecule has 4 nitrogen and oxygen atoms in total. The number of carbonyl (C=O) groups excluding carboxylic acids is 1. The number of nitrogens with zero attached hydrogens (tertiary/aromatic N) is 3. The van der Waals surface area contributed by atoms with E-state index in [9.17, 15) is 4.79 Å². The molecule has 1 unspecified atom stereocenters. The molecule has 1 aromatic heterocycles. The van der Waals surface area contributed by atoms with Gasteiger partial charge in [-0.1, -0.05) is 23.2 Å². The van der Waals surface area contributed by atoms with Crippen LogP contribution in [0.15, 0.2) is 6.07 Å². The van der Waals surface area contributed by atoms with Gasteiger partial charge in [-0.3, -0.25) is 4.79 Å². The summed E-state index contributed by atoms with van der Waals surface area (Å²) in [6.45, 7) is 2.04. The summed E-state index contributed by atoms with van der Waals surface area (Å²) in [6.07, 6.45) is 2.36. The number of aromatic nitrogens is 2. The fourth-order valence-corrected chi connectivity index (χ4v) is 2.09. The zero-order valence-electron chi connectivity index (χ0n) is 9.65. The van der Waals surface area contributed by atoms with Crippen LogP contribution < -0.4 is 0 Å². The smallest absolute Gasteiger partial charge is 0.257 e. The fraction of sp³-hybridized carbons (Fsp3) is 0.545. The van der Waals surface area contributed by atoms with Crippen molar-refractivity contribution in [2.75, 3.05) is 7.05 Å². The van der Waals surface area contributed by atoms with Crippen LogP contribution in [0.25, 0.3) is 0 Å². The van der Waals surface area contributed by atoms with Crippen molar-refractivity contribution in [3.63, 3.8) is 0 Å². The largest absolute Gasteiger partial charge is 0.339 e. The minimum absolute atomic E-state index is 0.0919. The Morgan fingerprint density at radius 2 is 2.12 bits per heavy atom. The van der Waals surface area contributed by atoms with E-state index in [1.807, 2.05) is 6.92 Å². The molecule has 1 aliphatic rings. The molecule has 0 bridgehead atoms. The maximum atomic E-state index is 12.2. The van der Waals surface area contributed by atoms with E-state index in [1.165, 1.54) is 18.9 Å². The molecule has 1 saturated carbocycles. The third kappa shape index (κ3) is 2.69. The van der Waals surface area contributed by atoms with Crippen LogP contribution in [0, 0.1) is 5.92 Å². The van der Waals surface area contributed by atoms with Gasteiger partial charge in [-0.15, -0.1) is 10.2 Å². The van der Waals surface area contributed by atoms with E-state index >= 15 is 0 Å². The summed E-state index contributed by atoms with van der Waals surface area (Å²) in [7, 11) is 1.77. The van der Waals surface area contributed by atoms with Crippen molar-refractivity contribution in [1.29, 1.82) is 0 Å². The van der Waals surface area contributed by atoms with Crippen molar-refractivity contribution in [2.45, 2.75) is 25.8 Å². The van der Waals surface area contributed by atoms with Crippen molar-refractivity contribution in [2.24, 2.45) is 5.92 Å². The normalized spacial score (nSPS) is 16.7. The van der Waals surface area contributed by atoms with Gasteiger partial charge >= 0.3 is 0 Å². The number of hydrogen-bond acceptors (Lipinski definition) is 3. The molecule has 1 aromatic rings. The lowest BCUT2D eigenvalue weighted by Crippen LogP contribution is -2.36. The maximum Gasteiger partial charge on any atom is 0.257 e. The van der Waals surface area contributed by atoms with E-state index in [1.54, 1.807) is 11.9 Å². The molecule has 2 rings (SSSR count). The molecular weight excluding hydrogens is 261 g/mol. The second-order valence-corrected chi connectivity index (χ2v) is 5.11. The van der Waals surface area contributed by atoms with Gasteiger partial charge in [-0.05, 0) is 31.7 Å². The Morgan fingerprint density at radius 3 is 2.71 bits per heavy atom. The standard InChI is InChI=1S/C11H13Cl2N3O/c1-6(7-3-4-7)16(2)11(17)8-5-9(12)14-15-10(8)13/h5-7H,3-4H2,1-2H3. The molecule has 6 heteroatoms. The molecule has 0 spiro atoms. The highest BCUT2D eigenvalue weighted by molar-refractivity contribution is 6.34. The summed E-state index contributed by atoms with van der Waals surface area (Å²) in [5.41, 5.74) is 0.307. The monoisotopic (exact) mass is 273 g/mol. The van der Waals surface area contributed by atoms with E-state index in [-0.39, 0.29) is 22.3 Å². The second-order valence-electron chi connectivity index (χ2n) is 4.37. The molecule has 1 heterocycles. The van der Waals surface area contributed by atoms with Gasteiger partial charge < -0.3 is 4.90 Å². The minimum Gasteiger partial charge on any atom is -0.339 e. The maximum absolute atomic E-state index is 12.2. The van der Waals surface area contributed by atoms with Crippen molar-refractivity contribution in [3.05, 3.63) is 21.9 Å². The lowest BCUT2D eigenvalue weighted by molar-refractivity contribution is 0.0727. The molecule has 92 valence electrons. The summed E-state index contributed by atoms with van der Waals surface area (Å²) in [5.74, 6) is 0.444. The molecule has 1 fully saturated rings. The highest BCUT2D eigenvalue weighted by Crippen LogP contribution is 2.35. The zero-order chi connectivity index (χ0) is 12.6. The molecular formula is C11H13Cl2N3O. The highest BCUT2D eigenvalue weighted by atomic mass is 35.5. The van der Waals surface area contributed by atoms with Crippen molar-refractivity contribution in [3.8, 4) is 0 Å². The lowest BCUT2D eigenvalue weighted by atomic mass is 10.1. The quantitative estimate of drug-likeness (QED) is 0.851. The summed E-state index contributed by atoms with van der Waals surface area (Å²) in [5, 5.41) is 7.49. The number of hydrogen-bond donors (Lipinski definition) is 0. The average Bonchev–Trinajstić information content (AvgIpc) is 3.13. The highest BCUT2D eigenvalue weighted by Gasteiger charge is 2.33. The SMILES string of the molecule is CC(C1CC1)N(C)C(=O)c1cc(Cl)nnc1Cl. The van der Waals surface area contributed by atoms with Crippen LogP contribution >= 0.6 is 23.2 Å². The van der Waals surface area contributed by atoms with Crippen molar-refractivity contribution in [1.82, 2.24) is 15.1 Å². The average molecular weight is 274 g/mol. The molecule has 0 aliphatic heterocycles. The van der Waals surface area contributed by atoms with Crippen molar-refractivity contribution < 1.29 is 4.79 Å². The van der Waals surface area contributed by atoms with Gasteiger partial charge in [-0.2, -0.15) is 0 Å². The third-order valence-corrected chi connectivity index (χ3v) is 3.65. The summed E-state index contributed by atoms with van der Waals surface area (Å²) in [4.78, 5) is 13.9. The predicted molar refractivity (Wildman–Crippen MR) is 66.3 cm³/mol. The number of carbonyl (C=O) groups is 1. The van der Waals surface area contributed by atoms with E-state index in [2.05, 4.69) is 10.2 Å². The Balaban J connectivity index is 2.20. The van der Waals surface area contributed by atoms with Crippen LogP contribution in [0.2, 0.25) is 10.3 Å². The fourth-order valence-electron chi connectivity index (χ4n) is 1.77. The van der Waals surface area contributed by atoms with Gasteiger partial charge in [-0.25, -0.2) is 0 Å². The third-order valence-electron chi connectivity index (χ3n) is 3.18. The predicted octanol–water partition coefficient (Wildman–Crippen LogP) is 2.65. The Kier molecular flexibility index (Phi) is 3.54. The lowest BCUT2D eigenvalue weighted by Gasteiger charge is -2.25. The van der Waals surface area contributed by atoms with Crippen molar-refractivity contribution >= 4 is 29.1 Å². The van der Waals surface area contributed by atoms with Crippen LogP contribution in [0.1, 0.15) is 30.1 Å². The molecule has 0 saturated heterocycles. The first-order valence-corrected chi connectivity index (χ1v) is 6.22. The number of halogens is 2. The molecule has 0 aromatic carbocycles. The Hall–Kier alpha value is -0.870. The molecule has 1 atom stereocenters. The molecule has 0 radical (unpaired) electrons. The second kappa shape index (κ2) is 4.78. The van der Waals surface area contributed by atoms with E-state index < -0.39 is 0 Å².